The number of piperazine rings is 1. The van der Waals surface area contributed by atoms with Crippen LogP contribution in [0.4, 0.5) is 0 Å². The molecule has 0 bridgehead atoms. The number of oxazole rings is 1. The van der Waals surface area contributed by atoms with Crippen molar-refractivity contribution in [2.24, 2.45) is 0 Å². The molecule has 1 fully saturated rings. The maximum Gasteiger partial charge on any atom is 0.417 e. The first kappa shape index (κ1) is 20.2. The SMILES string of the molecule is O=C(CCN1CCN(SCc2ccc(Cl)cc2)CC1)c1ccc2[nH]c(=O)oc2c1. The van der Waals surface area contributed by atoms with Crippen LogP contribution < -0.4 is 5.76 Å². The van der Waals surface area contributed by atoms with E-state index in [1.54, 1.807) is 18.2 Å². The summed E-state index contributed by atoms with van der Waals surface area (Å²) < 4.78 is 7.42. The molecule has 8 heteroatoms. The highest BCUT2D eigenvalue weighted by Crippen LogP contribution is 2.21. The fraction of sp³-hybridized carbons (Fsp3) is 0.333. The van der Waals surface area contributed by atoms with Crippen molar-refractivity contribution in [2.45, 2.75) is 12.2 Å². The average Bonchev–Trinajstić information content (AvgIpc) is 3.11. The molecule has 0 saturated carbocycles. The summed E-state index contributed by atoms with van der Waals surface area (Å²) in [7, 11) is 0. The number of carbonyl (C=O) groups excluding carboxylic acids is 1. The first-order valence-corrected chi connectivity index (χ1v) is 10.9. The van der Waals surface area contributed by atoms with E-state index in [2.05, 4.69) is 26.3 Å². The van der Waals surface area contributed by atoms with E-state index in [0.717, 1.165) is 43.5 Å². The normalized spacial score (nSPS) is 15.8. The van der Waals surface area contributed by atoms with Crippen molar-refractivity contribution in [1.29, 1.82) is 0 Å². The molecule has 4 rings (SSSR count). The van der Waals surface area contributed by atoms with E-state index in [4.69, 9.17) is 16.0 Å². The second-order valence-electron chi connectivity index (χ2n) is 7.07. The van der Waals surface area contributed by atoms with Gasteiger partial charge in [0, 0.05) is 55.5 Å². The summed E-state index contributed by atoms with van der Waals surface area (Å²) in [5.74, 6) is 0.500. The fourth-order valence-corrected chi connectivity index (χ4v) is 4.42. The van der Waals surface area contributed by atoms with Crippen molar-refractivity contribution in [2.75, 3.05) is 32.7 Å². The number of fused-ring (bicyclic) bond motifs is 1. The second kappa shape index (κ2) is 9.17. The van der Waals surface area contributed by atoms with Crippen LogP contribution in [0.1, 0.15) is 22.3 Å². The lowest BCUT2D eigenvalue weighted by molar-refractivity contribution is 0.0954. The molecule has 152 valence electrons. The smallest absolute Gasteiger partial charge is 0.408 e. The predicted octanol–water partition coefficient (Wildman–Crippen LogP) is 3.81. The van der Waals surface area contributed by atoms with E-state index in [-0.39, 0.29) is 5.78 Å². The third-order valence-corrected chi connectivity index (χ3v) is 6.50. The van der Waals surface area contributed by atoms with Crippen molar-refractivity contribution < 1.29 is 9.21 Å². The summed E-state index contributed by atoms with van der Waals surface area (Å²) in [5, 5.41) is 0.763. The van der Waals surface area contributed by atoms with E-state index in [1.807, 2.05) is 24.1 Å². The Morgan fingerprint density at radius 2 is 1.86 bits per heavy atom. The Labute approximate surface area is 178 Å². The zero-order chi connectivity index (χ0) is 20.2. The first-order chi connectivity index (χ1) is 14.1. The standard InChI is InChI=1S/C21H22ClN3O3S/c22-17-4-1-15(2-5-17)14-29-25-11-9-24(10-12-25)8-7-19(26)16-3-6-18-20(13-16)28-21(27)23-18/h1-6,13H,7-12,14H2,(H,23,27). The van der Waals surface area contributed by atoms with Gasteiger partial charge in [0.15, 0.2) is 11.4 Å². The van der Waals surface area contributed by atoms with E-state index in [9.17, 15) is 9.59 Å². The Balaban J connectivity index is 1.21. The van der Waals surface area contributed by atoms with Crippen LogP contribution in [-0.4, -0.2) is 52.7 Å². The van der Waals surface area contributed by atoms with E-state index >= 15 is 0 Å². The number of rotatable bonds is 7. The molecule has 0 aliphatic carbocycles. The van der Waals surface area contributed by atoms with Crippen molar-refractivity contribution in [3.63, 3.8) is 0 Å². The lowest BCUT2D eigenvalue weighted by Crippen LogP contribution is -2.44. The predicted molar refractivity (Wildman–Crippen MR) is 117 cm³/mol. The van der Waals surface area contributed by atoms with Crippen LogP contribution in [-0.2, 0) is 5.75 Å². The van der Waals surface area contributed by atoms with Gasteiger partial charge in [-0.25, -0.2) is 9.10 Å². The average molecular weight is 432 g/mol. The number of benzene rings is 2. The Hall–Kier alpha value is -2.06. The number of carbonyl (C=O) groups is 1. The van der Waals surface area contributed by atoms with Crippen LogP contribution in [0.2, 0.25) is 5.02 Å². The number of aromatic amines is 1. The summed E-state index contributed by atoms with van der Waals surface area (Å²) >= 11 is 7.77. The van der Waals surface area contributed by atoms with Gasteiger partial charge in [0.25, 0.3) is 0 Å². The highest BCUT2D eigenvalue weighted by molar-refractivity contribution is 7.96. The third-order valence-electron chi connectivity index (χ3n) is 5.06. The maximum atomic E-state index is 12.5. The molecule has 0 unspecified atom stereocenters. The number of hydrogen-bond donors (Lipinski definition) is 1. The zero-order valence-electron chi connectivity index (χ0n) is 15.9. The van der Waals surface area contributed by atoms with E-state index < -0.39 is 5.76 Å². The molecule has 1 N–H and O–H groups in total. The number of Topliss-reactive ketones (excluding diaryl/α,β-unsaturated/α-hetero) is 1. The van der Waals surface area contributed by atoms with Gasteiger partial charge >= 0.3 is 5.76 Å². The van der Waals surface area contributed by atoms with Gasteiger partial charge in [0.05, 0.1) is 5.52 Å². The van der Waals surface area contributed by atoms with Crippen LogP contribution in [0, 0.1) is 0 Å². The van der Waals surface area contributed by atoms with Gasteiger partial charge in [0.2, 0.25) is 0 Å². The molecule has 3 aromatic rings. The van der Waals surface area contributed by atoms with Crippen molar-refractivity contribution in [1.82, 2.24) is 14.2 Å². The van der Waals surface area contributed by atoms with E-state index in [0.29, 0.717) is 23.1 Å². The van der Waals surface area contributed by atoms with Crippen LogP contribution in [0.25, 0.3) is 11.1 Å². The fourth-order valence-electron chi connectivity index (χ4n) is 3.35. The molecule has 1 saturated heterocycles. The Kier molecular flexibility index (Phi) is 6.40. The quantitative estimate of drug-likeness (QED) is 0.453. The summed E-state index contributed by atoms with van der Waals surface area (Å²) in [6, 6.07) is 13.1. The Bertz CT molecular complexity index is 1040. The molecule has 0 spiro atoms. The van der Waals surface area contributed by atoms with Crippen LogP contribution in [0.15, 0.2) is 51.7 Å². The zero-order valence-corrected chi connectivity index (χ0v) is 17.5. The monoisotopic (exact) mass is 431 g/mol. The van der Waals surface area contributed by atoms with E-state index in [1.165, 1.54) is 5.56 Å². The molecule has 6 nitrogen and oxygen atoms in total. The van der Waals surface area contributed by atoms with Crippen LogP contribution >= 0.6 is 23.5 Å². The number of hydrogen-bond acceptors (Lipinski definition) is 6. The molecule has 0 atom stereocenters. The molecule has 0 radical (unpaired) electrons. The van der Waals surface area contributed by atoms with Crippen molar-refractivity contribution in [3.05, 3.63) is 69.2 Å². The number of nitrogens with one attached hydrogen (secondary N) is 1. The summed E-state index contributed by atoms with van der Waals surface area (Å²) in [6.45, 7) is 4.60. The maximum absolute atomic E-state index is 12.5. The van der Waals surface area contributed by atoms with Gasteiger partial charge in [0.1, 0.15) is 0 Å². The molecular formula is C21H22ClN3O3S. The topological polar surface area (TPSA) is 69.6 Å². The molecule has 29 heavy (non-hydrogen) atoms. The van der Waals surface area contributed by atoms with Crippen molar-refractivity contribution >= 4 is 40.4 Å². The Morgan fingerprint density at radius 1 is 1.10 bits per heavy atom. The summed E-state index contributed by atoms with van der Waals surface area (Å²) in [4.78, 5) is 28.7. The minimum absolute atomic E-state index is 0.0651. The summed E-state index contributed by atoms with van der Waals surface area (Å²) in [5.41, 5.74) is 2.88. The molecule has 1 aliphatic heterocycles. The first-order valence-electron chi connectivity index (χ1n) is 9.57. The lowest BCUT2D eigenvalue weighted by atomic mass is 10.1. The van der Waals surface area contributed by atoms with Gasteiger partial charge in [-0.05, 0) is 35.9 Å². The van der Waals surface area contributed by atoms with Gasteiger partial charge in [-0.3, -0.25) is 9.78 Å². The van der Waals surface area contributed by atoms with Crippen LogP contribution in [0.3, 0.4) is 0 Å². The van der Waals surface area contributed by atoms with Gasteiger partial charge < -0.3 is 9.32 Å². The molecule has 0 amide bonds. The third kappa shape index (κ3) is 5.30. The highest BCUT2D eigenvalue weighted by atomic mass is 35.5. The molecule has 1 aliphatic rings. The number of ketones is 1. The minimum atomic E-state index is -0.503. The minimum Gasteiger partial charge on any atom is -0.408 e. The Morgan fingerprint density at radius 3 is 2.62 bits per heavy atom. The molecular weight excluding hydrogens is 410 g/mol. The lowest BCUT2D eigenvalue weighted by Gasteiger charge is -2.33. The summed E-state index contributed by atoms with van der Waals surface area (Å²) in [6.07, 6.45) is 0.456. The van der Waals surface area contributed by atoms with Gasteiger partial charge in [-0.1, -0.05) is 35.7 Å². The number of H-pyrrole nitrogens is 1. The highest BCUT2D eigenvalue weighted by Gasteiger charge is 2.18. The van der Waals surface area contributed by atoms with Gasteiger partial charge in [-0.2, -0.15) is 0 Å². The number of aromatic nitrogens is 1. The number of nitrogens with zero attached hydrogens (tertiary/aromatic N) is 2. The second-order valence-corrected chi connectivity index (χ2v) is 8.57. The number of halogens is 1. The van der Waals surface area contributed by atoms with Crippen LogP contribution in [0.5, 0.6) is 0 Å². The molecule has 2 heterocycles. The molecule has 1 aromatic heterocycles. The largest absolute Gasteiger partial charge is 0.417 e. The van der Waals surface area contributed by atoms with Crippen molar-refractivity contribution in [3.8, 4) is 0 Å². The van der Waals surface area contributed by atoms with Gasteiger partial charge in [-0.15, -0.1) is 0 Å². The molecule has 2 aromatic carbocycles.